The first-order valence-electron chi connectivity index (χ1n) is 9.79. The highest BCUT2D eigenvalue weighted by Gasteiger charge is 2.40. The molecule has 0 atom stereocenters. The van der Waals surface area contributed by atoms with Crippen molar-refractivity contribution in [3.8, 4) is 0 Å². The molecule has 10 nitrogen and oxygen atoms in total. The van der Waals surface area contributed by atoms with E-state index in [4.69, 9.17) is 14.2 Å². The van der Waals surface area contributed by atoms with Crippen LogP contribution in [0.15, 0.2) is 12.5 Å². The average Bonchev–Trinajstić information content (AvgIpc) is 3.36. The maximum atomic E-state index is 12.8. The molecule has 150 valence electrons. The summed E-state index contributed by atoms with van der Waals surface area (Å²) in [7, 11) is 0. The zero-order chi connectivity index (χ0) is 19.0. The van der Waals surface area contributed by atoms with E-state index in [1.807, 2.05) is 4.90 Å². The number of piperidine rings is 1. The van der Waals surface area contributed by atoms with Crippen LogP contribution in [0.4, 0.5) is 5.82 Å². The van der Waals surface area contributed by atoms with Gasteiger partial charge in [-0.1, -0.05) is 0 Å². The van der Waals surface area contributed by atoms with Crippen molar-refractivity contribution in [3.05, 3.63) is 12.5 Å². The number of ether oxygens (including phenoxy) is 3. The van der Waals surface area contributed by atoms with E-state index < -0.39 is 5.79 Å². The van der Waals surface area contributed by atoms with Crippen molar-refractivity contribution in [2.45, 2.75) is 25.2 Å². The number of likely N-dealkylation sites (tertiary alicyclic amines) is 1. The van der Waals surface area contributed by atoms with Crippen molar-refractivity contribution in [1.29, 1.82) is 0 Å². The maximum Gasteiger partial charge on any atom is 0.244 e. The van der Waals surface area contributed by atoms with Crippen LogP contribution in [0.5, 0.6) is 0 Å². The Kier molecular flexibility index (Phi) is 4.61. The van der Waals surface area contributed by atoms with Crippen LogP contribution in [0.25, 0.3) is 11.0 Å². The molecule has 5 rings (SSSR count). The molecule has 0 unspecified atom stereocenters. The van der Waals surface area contributed by atoms with E-state index in [0.29, 0.717) is 58.0 Å². The molecular weight excluding hydrogens is 364 g/mol. The lowest BCUT2D eigenvalue weighted by Crippen LogP contribution is -2.48. The van der Waals surface area contributed by atoms with E-state index >= 15 is 0 Å². The first kappa shape index (κ1) is 17.8. The molecule has 1 spiro atoms. The summed E-state index contributed by atoms with van der Waals surface area (Å²) in [5.41, 5.74) is 0.681. The number of rotatable bonds is 3. The summed E-state index contributed by atoms with van der Waals surface area (Å²) in [6.45, 7) is 5.64. The number of anilines is 1. The highest BCUT2D eigenvalue weighted by atomic mass is 16.7. The number of aromatic nitrogens is 4. The van der Waals surface area contributed by atoms with E-state index in [9.17, 15) is 4.79 Å². The first-order valence-corrected chi connectivity index (χ1v) is 9.79. The van der Waals surface area contributed by atoms with Crippen LogP contribution in [0, 0.1) is 0 Å². The molecule has 10 heteroatoms. The van der Waals surface area contributed by atoms with Crippen LogP contribution in [0.1, 0.15) is 12.8 Å². The highest BCUT2D eigenvalue weighted by molar-refractivity contribution is 5.88. The van der Waals surface area contributed by atoms with Crippen LogP contribution < -0.4 is 4.90 Å². The van der Waals surface area contributed by atoms with Gasteiger partial charge in [0.1, 0.15) is 18.7 Å². The summed E-state index contributed by atoms with van der Waals surface area (Å²) in [5.74, 6) is 0.405. The van der Waals surface area contributed by atoms with Crippen molar-refractivity contribution in [2.24, 2.45) is 0 Å². The molecule has 0 aromatic carbocycles. The highest BCUT2D eigenvalue weighted by Crippen LogP contribution is 2.31. The Hall–Kier alpha value is -2.30. The fourth-order valence-corrected chi connectivity index (χ4v) is 4.13. The normalized spacial score (nSPS) is 22.3. The summed E-state index contributed by atoms with van der Waals surface area (Å²) < 4.78 is 18.6. The van der Waals surface area contributed by atoms with E-state index in [-0.39, 0.29) is 12.5 Å². The number of morpholine rings is 1. The summed E-state index contributed by atoms with van der Waals surface area (Å²) in [6.07, 6.45) is 4.71. The van der Waals surface area contributed by atoms with Gasteiger partial charge in [0.05, 0.1) is 38.0 Å². The van der Waals surface area contributed by atoms with Gasteiger partial charge in [-0.3, -0.25) is 4.79 Å². The maximum absolute atomic E-state index is 12.8. The van der Waals surface area contributed by atoms with Gasteiger partial charge < -0.3 is 24.0 Å². The Morgan fingerprint density at radius 1 is 1.04 bits per heavy atom. The molecule has 5 heterocycles. The zero-order valence-corrected chi connectivity index (χ0v) is 15.7. The summed E-state index contributed by atoms with van der Waals surface area (Å²) in [6, 6.07) is 0. The molecule has 2 aromatic rings. The van der Waals surface area contributed by atoms with Crippen LogP contribution in [-0.2, 0) is 25.5 Å². The number of hydrogen-bond acceptors (Lipinski definition) is 8. The zero-order valence-electron chi connectivity index (χ0n) is 15.7. The number of hydrogen-bond donors (Lipinski definition) is 0. The smallest absolute Gasteiger partial charge is 0.244 e. The predicted molar refractivity (Wildman–Crippen MR) is 98.8 cm³/mol. The number of carbonyl (C=O) groups excluding carboxylic acids is 1. The molecule has 0 bridgehead atoms. The van der Waals surface area contributed by atoms with Crippen molar-refractivity contribution < 1.29 is 19.0 Å². The van der Waals surface area contributed by atoms with Gasteiger partial charge in [0.2, 0.25) is 5.91 Å². The van der Waals surface area contributed by atoms with Gasteiger partial charge in [-0.05, 0) is 0 Å². The van der Waals surface area contributed by atoms with Crippen molar-refractivity contribution in [3.63, 3.8) is 0 Å². The van der Waals surface area contributed by atoms with Crippen LogP contribution in [0.2, 0.25) is 0 Å². The SMILES string of the molecule is O=C(Cn1ncc2c(N3CCOCC3)ncnc21)N1CCC2(CC1)OCCO2. The molecule has 0 N–H and O–H groups in total. The molecular formula is C18H24N6O4. The number of amides is 1. The third-order valence-electron chi connectivity index (χ3n) is 5.70. The van der Waals surface area contributed by atoms with E-state index in [1.54, 1.807) is 10.9 Å². The lowest BCUT2D eigenvalue weighted by molar-refractivity contribution is -0.187. The second-order valence-electron chi connectivity index (χ2n) is 7.32. The fourth-order valence-electron chi connectivity index (χ4n) is 4.13. The average molecular weight is 388 g/mol. The second-order valence-corrected chi connectivity index (χ2v) is 7.32. The third-order valence-corrected chi connectivity index (χ3v) is 5.70. The molecule has 1 amide bonds. The minimum atomic E-state index is -0.477. The minimum Gasteiger partial charge on any atom is -0.378 e. The number of carbonyl (C=O) groups is 1. The van der Waals surface area contributed by atoms with E-state index in [0.717, 1.165) is 24.3 Å². The molecule has 0 radical (unpaired) electrons. The molecule has 3 aliphatic rings. The molecule has 0 aliphatic carbocycles. The fraction of sp³-hybridized carbons (Fsp3) is 0.667. The largest absolute Gasteiger partial charge is 0.378 e. The Balaban J connectivity index is 1.29. The van der Waals surface area contributed by atoms with Crippen LogP contribution in [0.3, 0.4) is 0 Å². The predicted octanol–water partition coefficient (Wildman–Crippen LogP) is 0.0284. The third kappa shape index (κ3) is 3.21. The van der Waals surface area contributed by atoms with Crippen molar-refractivity contribution in [2.75, 3.05) is 57.5 Å². The second kappa shape index (κ2) is 7.26. The van der Waals surface area contributed by atoms with Crippen molar-refractivity contribution >= 4 is 22.8 Å². The van der Waals surface area contributed by atoms with Gasteiger partial charge >= 0.3 is 0 Å². The molecule has 2 aromatic heterocycles. The van der Waals surface area contributed by atoms with Gasteiger partial charge in [0.15, 0.2) is 11.4 Å². The lowest BCUT2D eigenvalue weighted by Gasteiger charge is -2.37. The Bertz CT molecular complexity index is 849. The van der Waals surface area contributed by atoms with E-state index in [2.05, 4.69) is 20.0 Å². The molecule has 3 saturated heterocycles. The quantitative estimate of drug-likeness (QED) is 0.727. The van der Waals surface area contributed by atoms with Gasteiger partial charge in [-0.25, -0.2) is 14.6 Å². The summed E-state index contributed by atoms with van der Waals surface area (Å²) in [4.78, 5) is 25.7. The lowest BCUT2D eigenvalue weighted by atomic mass is 10.0. The molecule has 0 saturated carbocycles. The molecule has 3 aliphatic heterocycles. The molecule has 28 heavy (non-hydrogen) atoms. The van der Waals surface area contributed by atoms with Crippen LogP contribution >= 0.6 is 0 Å². The van der Waals surface area contributed by atoms with Gasteiger partial charge in [0, 0.05) is 39.0 Å². The van der Waals surface area contributed by atoms with E-state index in [1.165, 1.54) is 6.33 Å². The number of fused-ring (bicyclic) bond motifs is 1. The number of nitrogens with zero attached hydrogens (tertiary/aromatic N) is 6. The Morgan fingerprint density at radius 2 is 1.79 bits per heavy atom. The minimum absolute atomic E-state index is 0.0318. The topological polar surface area (TPSA) is 94.8 Å². The monoisotopic (exact) mass is 388 g/mol. The Labute approximate surface area is 162 Å². The Morgan fingerprint density at radius 3 is 2.54 bits per heavy atom. The molecule has 3 fully saturated rings. The van der Waals surface area contributed by atoms with Gasteiger partial charge in [-0.15, -0.1) is 0 Å². The van der Waals surface area contributed by atoms with Crippen molar-refractivity contribution in [1.82, 2.24) is 24.6 Å². The summed E-state index contributed by atoms with van der Waals surface area (Å²) >= 11 is 0. The standard InChI is InChI=1S/C18H24N6O4/c25-15(22-3-1-18(2-4-22)27-9-10-28-18)12-24-17-14(11-21-24)16(19-13-20-17)23-5-7-26-8-6-23/h11,13H,1-10,12H2. The summed E-state index contributed by atoms with van der Waals surface area (Å²) in [5, 5.41) is 5.28. The van der Waals surface area contributed by atoms with Crippen LogP contribution in [-0.4, -0.2) is 88.9 Å². The first-order chi connectivity index (χ1) is 13.7. The van der Waals surface area contributed by atoms with Gasteiger partial charge in [-0.2, -0.15) is 5.10 Å². The van der Waals surface area contributed by atoms with Gasteiger partial charge in [0.25, 0.3) is 0 Å².